The van der Waals surface area contributed by atoms with Gasteiger partial charge in [-0.15, -0.1) is 11.3 Å². The highest BCUT2D eigenvalue weighted by atomic mass is 32.1. The minimum absolute atomic E-state index is 0.0106. The second-order valence-electron chi connectivity index (χ2n) is 6.55. The minimum Gasteiger partial charge on any atom is -0.292 e. The summed E-state index contributed by atoms with van der Waals surface area (Å²) < 4.78 is 1.05. The Balaban J connectivity index is 1.43. The molecule has 0 bridgehead atoms. The monoisotopic (exact) mass is 381 g/mol. The molecule has 5 rings (SSSR count). The van der Waals surface area contributed by atoms with Crippen LogP contribution in [0.3, 0.4) is 0 Å². The molecule has 0 aliphatic heterocycles. The molecule has 4 nitrogen and oxygen atoms in total. The van der Waals surface area contributed by atoms with Crippen molar-refractivity contribution in [1.82, 2.24) is 15.0 Å². The van der Waals surface area contributed by atoms with Crippen molar-refractivity contribution in [2.75, 3.05) is 0 Å². The number of pyridine rings is 2. The van der Waals surface area contributed by atoms with Crippen LogP contribution in [-0.4, -0.2) is 20.7 Å². The van der Waals surface area contributed by atoms with Crippen molar-refractivity contribution in [3.8, 4) is 10.6 Å². The van der Waals surface area contributed by atoms with Gasteiger partial charge in [0.05, 0.1) is 15.7 Å². The highest BCUT2D eigenvalue weighted by Gasteiger charge is 2.12. The van der Waals surface area contributed by atoms with Gasteiger partial charge in [0, 0.05) is 29.8 Å². The molecule has 28 heavy (non-hydrogen) atoms. The third-order valence-corrected chi connectivity index (χ3v) is 5.67. The van der Waals surface area contributed by atoms with Crippen LogP contribution in [0.1, 0.15) is 16.1 Å². The van der Waals surface area contributed by atoms with Crippen LogP contribution in [0.4, 0.5) is 0 Å². The third-order valence-electron chi connectivity index (χ3n) is 4.61. The molecule has 0 fully saturated rings. The SMILES string of the molecule is O=C(Cc1cccc(-c2nc3ccncc3s2)c1)c1ccc2ccccc2n1. The molecule has 0 spiro atoms. The quantitative estimate of drug-likeness (QED) is 0.395. The smallest absolute Gasteiger partial charge is 0.185 e. The molecule has 5 heteroatoms. The highest BCUT2D eigenvalue weighted by molar-refractivity contribution is 7.21. The molecule has 134 valence electrons. The van der Waals surface area contributed by atoms with Crippen molar-refractivity contribution >= 4 is 38.2 Å². The van der Waals surface area contributed by atoms with Crippen LogP contribution in [0, 0.1) is 0 Å². The molecule has 0 aliphatic rings. The molecule has 3 heterocycles. The van der Waals surface area contributed by atoms with Crippen LogP contribution < -0.4 is 0 Å². The van der Waals surface area contributed by atoms with Gasteiger partial charge < -0.3 is 0 Å². The van der Waals surface area contributed by atoms with Gasteiger partial charge in [-0.05, 0) is 29.8 Å². The van der Waals surface area contributed by atoms with E-state index < -0.39 is 0 Å². The predicted octanol–water partition coefficient (Wildman–Crippen LogP) is 5.33. The first-order chi connectivity index (χ1) is 13.8. The summed E-state index contributed by atoms with van der Waals surface area (Å²) in [6.45, 7) is 0. The first-order valence-electron chi connectivity index (χ1n) is 8.95. The van der Waals surface area contributed by atoms with Crippen molar-refractivity contribution in [2.24, 2.45) is 0 Å². The number of thiazole rings is 1. The van der Waals surface area contributed by atoms with Crippen LogP contribution >= 0.6 is 11.3 Å². The maximum atomic E-state index is 12.8. The fourth-order valence-electron chi connectivity index (χ4n) is 3.22. The van der Waals surface area contributed by atoms with E-state index in [-0.39, 0.29) is 5.78 Å². The number of carbonyl (C=O) groups excluding carboxylic acids is 1. The second-order valence-corrected chi connectivity index (χ2v) is 7.58. The molecule has 2 aromatic carbocycles. The zero-order valence-electron chi connectivity index (χ0n) is 14.9. The number of fused-ring (bicyclic) bond motifs is 2. The summed E-state index contributed by atoms with van der Waals surface area (Å²) in [5.74, 6) is 0.0106. The lowest BCUT2D eigenvalue weighted by Crippen LogP contribution is -2.06. The highest BCUT2D eigenvalue weighted by Crippen LogP contribution is 2.30. The fourth-order valence-corrected chi connectivity index (χ4v) is 4.14. The molecule has 0 saturated heterocycles. The number of para-hydroxylation sites is 1. The maximum Gasteiger partial charge on any atom is 0.185 e. The number of aromatic nitrogens is 3. The first-order valence-corrected chi connectivity index (χ1v) is 9.77. The zero-order valence-corrected chi connectivity index (χ0v) is 15.7. The van der Waals surface area contributed by atoms with Gasteiger partial charge in [0.1, 0.15) is 10.7 Å². The van der Waals surface area contributed by atoms with Crippen molar-refractivity contribution in [3.05, 3.63) is 90.4 Å². The number of hydrogen-bond donors (Lipinski definition) is 0. The molecular weight excluding hydrogens is 366 g/mol. The van der Waals surface area contributed by atoms with Crippen LogP contribution in [0.25, 0.3) is 31.7 Å². The molecule has 0 N–H and O–H groups in total. The van der Waals surface area contributed by atoms with Gasteiger partial charge in [-0.1, -0.05) is 42.5 Å². The topological polar surface area (TPSA) is 55.7 Å². The van der Waals surface area contributed by atoms with Crippen molar-refractivity contribution in [3.63, 3.8) is 0 Å². The van der Waals surface area contributed by atoms with Crippen molar-refractivity contribution in [2.45, 2.75) is 6.42 Å². The molecule has 5 aromatic rings. The number of carbonyl (C=O) groups is 1. The van der Waals surface area contributed by atoms with Gasteiger partial charge >= 0.3 is 0 Å². The minimum atomic E-state index is 0.0106. The summed E-state index contributed by atoms with van der Waals surface area (Å²) in [5.41, 5.74) is 4.24. The lowest BCUT2D eigenvalue weighted by molar-refractivity contribution is 0.0988. The third kappa shape index (κ3) is 3.17. The largest absolute Gasteiger partial charge is 0.292 e. The van der Waals surface area contributed by atoms with E-state index in [0.29, 0.717) is 12.1 Å². The van der Waals surface area contributed by atoms with E-state index in [9.17, 15) is 4.79 Å². The molecule has 0 amide bonds. The van der Waals surface area contributed by atoms with E-state index in [1.54, 1.807) is 23.6 Å². The Hall–Kier alpha value is -3.44. The van der Waals surface area contributed by atoms with Gasteiger partial charge in [-0.3, -0.25) is 9.78 Å². The summed E-state index contributed by atoms with van der Waals surface area (Å²) >= 11 is 1.60. The Morgan fingerprint density at radius 2 is 1.82 bits per heavy atom. The van der Waals surface area contributed by atoms with E-state index in [1.807, 2.05) is 66.9 Å². The Morgan fingerprint density at radius 3 is 2.75 bits per heavy atom. The van der Waals surface area contributed by atoms with E-state index >= 15 is 0 Å². The molecular formula is C23H15N3OS. The summed E-state index contributed by atoms with van der Waals surface area (Å²) in [7, 11) is 0. The predicted molar refractivity (Wildman–Crippen MR) is 113 cm³/mol. The lowest BCUT2D eigenvalue weighted by atomic mass is 10.0. The average Bonchev–Trinajstić information content (AvgIpc) is 3.18. The van der Waals surface area contributed by atoms with Gasteiger partial charge in [-0.2, -0.15) is 0 Å². The second kappa shape index (κ2) is 6.94. The van der Waals surface area contributed by atoms with Crippen LogP contribution in [0.15, 0.2) is 79.1 Å². The lowest BCUT2D eigenvalue weighted by Gasteiger charge is -2.04. The van der Waals surface area contributed by atoms with Crippen molar-refractivity contribution in [1.29, 1.82) is 0 Å². The Bertz CT molecular complexity index is 1290. The summed E-state index contributed by atoms with van der Waals surface area (Å²) in [4.78, 5) is 26.1. The number of ketones is 1. The number of benzene rings is 2. The van der Waals surface area contributed by atoms with Crippen LogP contribution in [0.5, 0.6) is 0 Å². The Labute approximate surface area is 165 Å². The zero-order chi connectivity index (χ0) is 18.9. The van der Waals surface area contributed by atoms with E-state index in [4.69, 9.17) is 0 Å². The molecule has 0 aliphatic carbocycles. The Morgan fingerprint density at radius 1 is 0.893 bits per heavy atom. The molecule has 3 aromatic heterocycles. The standard InChI is InChI=1S/C23H15N3OS/c27-21(19-9-8-16-5-1-2-7-18(16)25-19)13-15-4-3-6-17(12-15)23-26-20-10-11-24-14-22(20)28-23/h1-12,14H,13H2. The first kappa shape index (κ1) is 16.7. The fraction of sp³-hybridized carbons (Fsp3) is 0.0435. The average molecular weight is 381 g/mol. The molecule has 0 radical (unpaired) electrons. The van der Waals surface area contributed by atoms with Gasteiger partial charge in [0.15, 0.2) is 5.78 Å². The number of rotatable bonds is 4. The van der Waals surface area contributed by atoms with Gasteiger partial charge in [0.25, 0.3) is 0 Å². The van der Waals surface area contributed by atoms with Crippen LogP contribution in [0.2, 0.25) is 0 Å². The molecule has 0 unspecified atom stereocenters. The van der Waals surface area contributed by atoms with E-state index in [2.05, 4.69) is 15.0 Å². The summed E-state index contributed by atoms with van der Waals surface area (Å²) in [5, 5.41) is 1.97. The Kier molecular flexibility index (Phi) is 4.14. The summed E-state index contributed by atoms with van der Waals surface area (Å²) in [6.07, 6.45) is 3.89. The van der Waals surface area contributed by atoms with E-state index in [0.717, 1.165) is 37.3 Å². The number of nitrogens with zero attached hydrogens (tertiary/aromatic N) is 3. The normalized spacial score (nSPS) is 11.1. The number of Topliss-reactive ketones (excluding diaryl/α,β-unsaturated/α-hetero) is 1. The molecule has 0 atom stereocenters. The van der Waals surface area contributed by atoms with Gasteiger partial charge in [0.2, 0.25) is 0 Å². The van der Waals surface area contributed by atoms with Crippen LogP contribution in [-0.2, 0) is 6.42 Å². The summed E-state index contributed by atoms with van der Waals surface area (Å²) in [6, 6.07) is 21.5. The number of hydrogen-bond acceptors (Lipinski definition) is 5. The van der Waals surface area contributed by atoms with E-state index in [1.165, 1.54) is 0 Å². The molecule has 0 saturated carbocycles. The maximum absolute atomic E-state index is 12.8. The van der Waals surface area contributed by atoms with Crippen molar-refractivity contribution < 1.29 is 4.79 Å². The van der Waals surface area contributed by atoms with Gasteiger partial charge in [-0.25, -0.2) is 9.97 Å².